The Bertz CT molecular complexity index is 972. The maximum Gasteiger partial charge on any atom is 1.00 e. The summed E-state index contributed by atoms with van der Waals surface area (Å²) >= 11 is 0. The van der Waals surface area contributed by atoms with Gasteiger partial charge in [-0.1, -0.05) is 0 Å². The second-order valence-electron chi connectivity index (χ2n) is 6.50. The standard InChI is InChI=1S/C22H18O10.2Na.2H/c23-17(31-21(29)15-9-5-13(6-10-15)19(25)26)3-1-2-4-18(24)32-22(30)16-11-7-14(8-12-16)20(27)28;;;;/h5-12H,1-4H2,(H,25,26)(H,27,28);;;;/q;2*+1;2*-1. The molecule has 170 valence electrons. The molecule has 2 N–H and O–H groups in total. The molecule has 0 aliphatic carbocycles. The fourth-order valence-corrected chi connectivity index (χ4v) is 2.46. The third-order valence-corrected chi connectivity index (χ3v) is 4.16. The van der Waals surface area contributed by atoms with Crippen LogP contribution < -0.4 is 59.1 Å². The van der Waals surface area contributed by atoms with Crippen molar-refractivity contribution in [2.75, 3.05) is 0 Å². The molecule has 10 nitrogen and oxygen atoms in total. The second kappa shape index (κ2) is 15.5. The molecule has 0 aliphatic rings. The van der Waals surface area contributed by atoms with Gasteiger partial charge >= 0.3 is 94.9 Å². The number of hydrogen-bond donors (Lipinski definition) is 2. The van der Waals surface area contributed by atoms with Gasteiger partial charge in [0.15, 0.2) is 0 Å². The molecule has 0 spiro atoms. The Kier molecular flexibility index (Phi) is 14.5. The van der Waals surface area contributed by atoms with Gasteiger partial charge in [0, 0.05) is 12.8 Å². The summed E-state index contributed by atoms with van der Waals surface area (Å²) in [5.41, 5.74) is -0.00491. The van der Waals surface area contributed by atoms with Crippen molar-refractivity contribution in [2.24, 2.45) is 0 Å². The van der Waals surface area contributed by atoms with Gasteiger partial charge in [0.1, 0.15) is 0 Å². The predicted molar refractivity (Wildman–Crippen MR) is 108 cm³/mol. The van der Waals surface area contributed by atoms with E-state index in [1.54, 1.807) is 0 Å². The first-order valence-electron chi connectivity index (χ1n) is 9.34. The Hall–Kier alpha value is -2.34. The van der Waals surface area contributed by atoms with Crippen LogP contribution in [0.1, 0.15) is 70.0 Å². The molecule has 0 aromatic heterocycles. The molecule has 12 heteroatoms. The maximum absolute atomic E-state index is 11.9. The maximum atomic E-state index is 11.9. The summed E-state index contributed by atoms with van der Waals surface area (Å²) in [6.45, 7) is 0. The molecule has 0 saturated heterocycles. The Balaban J connectivity index is -0.00000272. The van der Waals surface area contributed by atoms with E-state index in [9.17, 15) is 28.8 Å². The summed E-state index contributed by atoms with van der Waals surface area (Å²) in [6, 6.07) is 9.71. The van der Waals surface area contributed by atoms with Crippen LogP contribution in [-0.2, 0) is 19.1 Å². The number of esters is 4. The first-order chi connectivity index (χ1) is 15.2. The summed E-state index contributed by atoms with van der Waals surface area (Å²) in [6.07, 6.45) is 0.0784. The van der Waals surface area contributed by atoms with Gasteiger partial charge in [-0.2, -0.15) is 0 Å². The molecule has 0 heterocycles. The minimum absolute atomic E-state index is 0. The molecular formula is C22H20Na2O10. The van der Waals surface area contributed by atoms with Crippen LogP contribution in [0, 0.1) is 0 Å². The summed E-state index contributed by atoms with van der Waals surface area (Å²) in [5, 5.41) is 17.6. The number of ether oxygens (including phenoxy) is 2. The monoisotopic (exact) mass is 490 g/mol. The number of carbonyl (C=O) groups excluding carboxylic acids is 4. The topological polar surface area (TPSA) is 161 Å². The number of aromatic carboxylic acids is 2. The number of rotatable bonds is 9. The molecule has 2 aromatic rings. The van der Waals surface area contributed by atoms with Gasteiger partial charge in [-0.05, 0) is 61.4 Å². The molecule has 0 radical (unpaired) electrons. The van der Waals surface area contributed by atoms with Crippen LogP contribution in [0.2, 0.25) is 0 Å². The van der Waals surface area contributed by atoms with E-state index < -0.39 is 35.8 Å². The Labute approximate surface area is 241 Å². The molecule has 0 amide bonds. The van der Waals surface area contributed by atoms with E-state index in [0.29, 0.717) is 0 Å². The summed E-state index contributed by atoms with van der Waals surface area (Å²) in [7, 11) is 0. The van der Waals surface area contributed by atoms with Crippen molar-refractivity contribution in [1.82, 2.24) is 0 Å². The average Bonchev–Trinajstić information content (AvgIpc) is 2.76. The first kappa shape index (κ1) is 31.7. The van der Waals surface area contributed by atoms with Gasteiger partial charge in [0.25, 0.3) is 0 Å². The van der Waals surface area contributed by atoms with E-state index >= 15 is 0 Å². The molecule has 0 unspecified atom stereocenters. The van der Waals surface area contributed by atoms with Gasteiger partial charge < -0.3 is 22.5 Å². The van der Waals surface area contributed by atoms with Crippen LogP contribution in [0.5, 0.6) is 0 Å². The number of carbonyl (C=O) groups is 6. The van der Waals surface area contributed by atoms with Gasteiger partial charge in [-0.3, -0.25) is 9.59 Å². The second-order valence-corrected chi connectivity index (χ2v) is 6.50. The van der Waals surface area contributed by atoms with E-state index in [1.807, 2.05) is 0 Å². The largest absolute Gasteiger partial charge is 1.00 e. The van der Waals surface area contributed by atoms with E-state index in [0.717, 1.165) is 0 Å². The molecule has 2 aromatic carbocycles. The summed E-state index contributed by atoms with van der Waals surface area (Å²) in [5.74, 6) is -5.80. The number of hydrogen-bond acceptors (Lipinski definition) is 8. The van der Waals surface area contributed by atoms with Gasteiger partial charge in [0.05, 0.1) is 22.3 Å². The molecule has 0 saturated carbocycles. The predicted octanol–water partition coefficient (Wildman–Crippen LogP) is -3.06. The van der Waals surface area contributed by atoms with Crippen molar-refractivity contribution in [3.63, 3.8) is 0 Å². The van der Waals surface area contributed by atoms with E-state index in [1.165, 1.54) is 48.5 Å². The third kappa shape index (κ3) is 10.3. The summed E-state index contributed by atoms with van der Waals surface area (Å²) < 4.78 is 9.31. The van der Waals surface area contributed by atoms with Gasteiger partial charge in [-0.25, -0.2) is 19.2 Å². The minimum atomic E-state index is -1.16. The third-order valence-electron chi connectivity index (χ3n) is 4.16. The number of unbranched alkanes of at least 4 members (excludes halogenated alkanes) is 1. The van der Waals surface area contributed by atoms with E-state index in [2.05, 4.69) is 9.47 Å². The van der Waals surface area contributed by atoms with Crippen LogP contribution in [0.15, 0.2) is 48.5 Å². The van der Waals surface area contributed by atoms with Crippen LogP contribution in [0.25, 0.3) is 0 Å². The van der Waals surface area contributed by atoms with Crippen LogP contribution >= 0.6 is 0 Å². The number of carboxylic acid groups (broad SMARTS) is 2. The van der Waals surface area contributed by atoms with E-state index in [4.69, 9.17) is 10.2 Å². The van der Waals surface area contributed by atoms with Crippen molar-refractivity contribution < 1.29 is 110 Å². The number of benzene rings is 2. The smallest absolute Gasteiger partial charge is 1.00 e. The van der Waals surface area contributed by atoms with Gasteiger partial charge in [-0.15, -0.1) is 0 Å². The fraction of sp³-hybridized carbons (Fsp3) is 0.182. The van der Waals surface area contributed by atoms with E-state index in [-0.39, 0.29) is 110 Å². The number of carboxylic acids is 2. The van der Waals surface area contributed by atoms with Crippen molar-refractivity contribution in [3.8, 4) is 0 Å². The Morgan fingerprint density at radius 2 is 0.824 bits per heavy atom. The normalized spacial score (nSPS) is 9.53. The molecule has 0 aliphatic heterocycles. The van der Waals surface area contributed by atoms with Crippen molar-refractivity contribution >= 4 is 35.8 Å². The fourth-order valence-electron chi connectivity index (χ4n) is 2.46. The molecule has 34 heavy (non-hydrogen) atoms. The molecule has 2 rings (SSSR count). The van der Waals surface area contributed by atoms with Crippen molar-refractivity contribution in [1.29, 1.82) is 0 Å². The van der Waals surface area contributed by atoms with Crippen LogP contribution in [0.3, 0.4) is 0 Å². The zero-order valence-electron chi connectivity index (χ0n) is 20.6. The SMILES string of the molecule is O=C(CCCCC(=O)OC(=O)c1ccc(C(=O)O)cc1)OC(=O)c1ccc(C(=O)O)cc1.[H-].[H-].[Na+].[Na+]. The summed E-state index contributed by atoms with van der Waals surface area (Å²) in [4.78, 5) is 68.7. The zero-order valence-corrected chi connectivity index (χ0v) is 22.6. The minimum Gasteiger partial charge on any atom is -1.00 e. The zero-order chi connectivity index (χ0) is 23.7. The average molecular weight is 490 g/mol. The van der Waals surface area contributed by atoms with Crippen molar-refractivity contribution in [3.05, 3.63) is 70.8 Å². The molecule has 0 atom stereocenters. The molecular weight excluding hydrogens is 470 g/mol. The Morgan fingerprint density at radius 3 is 1.09 bits per heavy atom. The molecule has 0 fully saturated rings. The Morgan fingerprint density at radius 1 is 0.559 bits per heavy atom. The van der Waals surface area contributed by atoms with Crippen molar-refractivity contribution in [2.45, 2.75) is 25.7 Å². The van der Waals surface area contributed by atoms with Gasteiger partial charge in [0.2, 0.25) is 0 Å². The first-order valence-corrected chi connectivity index (χ1v) is 9.34. The van der Waals surface area contributed by atoms with Crippen LogP contribution in [-0.4, -0.2) is 46.0 Å². The molecule has 0 bridgehead atoms. The quantitative estimate of drug-likeness (QED) is 0.160. The van der Waals surface area contributed by atoms with Crippen LogP contribution in [0.4, 0.5) is 0 Å².